The van der Waals surface area contributed by atoms with Gasteiger partial charge in [0.2, 0.25) is 0 Å². The Kier molecular flexibility index (Phi) is 9.21. The van der Waals surface area contributed by atoms with Crippen molar-refractivity contribution in [1.29, 1.82) is 0 Å². The normalized spacial score (nSPS) is 19.0. The molecule has 23 heavy (non-hydrogen) atoms. The van der Waals surface area contributed by atoms with Crippen LogP contribution < -0.4 is 5.32 Å². The highest BCUT2D eigenvalue weighted by Crippen LogP contribution is 2.25. The average Bonchev–Trinajstić information content (AvgIpc) is 2.82. The Labute approximate surface area is 166 Å². The van der Waals surface area contributed by atoms with Gasteiger partial charge in [-0.3, -0.25) is 0 Å². The SMILES string of the molecule is CCNC(=NCc1nc(C)c(C)s1)N1CCSC(C(C)C)C1.I. The number of hydrogen-bond acceptors (Lipinski definition) is 4. The molecule has 132 valence electrons. The molecule has 2 heterocycles. The molecule has 1 aromatic heterocycles. The van der Waals surface area contributed by atoms with Gasteiger partial charge in [0.25, 0.3) is 0 Å². The summed E-state index contributed by atoms with van der Waals surface area (Å²) in [4.78, 5) is 13.1. The van der Waals surface area contributed by atoms with Gasteiger partial charge in [0.05, 0.1) is 12.2 Å². The van der Waals surface area contributed by atoms with Gasteiger partial charge in [0.15, 0.2) is 5.96 Å². The van der Waals surface area contributed by atoms with Crippen LogP contribution in [-0.4, -0.2) is 46.5 Å². The van der Waals surface area contributed by atoms with Crippen molar-refractivity contribution in [3.05, 3.63) is 15.6 Å². The number of hydrogen-bond donors (Lipinski definition) is 1. The number of nitrogens with one attached hydrogen (secondary N) is 1. The Bertz CT molecular complexity index is 497. The fourth-order valence-electron chi connectivity index (χ4n) is 2.45. The lowest BCUT2D eigenvalue weighted by Crippen LogP contribution is -2.49. The molecule has 7 heteroatoms. The first-order valence-corrected chi connectivity index (χ1v) is 9.95. The Morgan fingerprint density at radius 3 is 2.74 bits per heavy atom. The van der Waals surface area contributed by atoms with E-state index in [2.05, 4.69) is 61.6 Å². The summed E-state index contributed by atoms with van der Waals surface area (Å²) < 4.78 is 0. The number of guanidine groups is 1. The monoisotopic (exact) mass is 468 g/mol. The molecule has 1 saturated heterocycles. The molecule has 1 aliphatic rings. The van der Waals surface area contributed by atoms with Crippen molar-refractivity contribution in [2.24, 2.45) is 10.9 Å². The fraction of sp³-hybridized carbons (Fsp3) is 0.750. The van der Waals surface area contributed by atoms with E-state index in [9.17, 15) is 0 Å². The number of nitrogens with zero attached hydrogens (tertiary/aromatic N) is 3. The van der Waals surface area contributed by atoms with Crippen LogP contribution in [0.4, 0.5) is 0 Å². The highest BCUT2D eigenvalue weighted by atomic mass is 127. The highest BCUT2D eigenvalue weighted by molar-refractivity contribution is 14.0. The largest absolute Gasteiger partial charge is 0.357 e. The molecule has 1 aliphatic heterocycles. The molecule has 4 nitrogen and oxygen atoms in total. The summed E-state index contributed by atoms with van der Waals surface area (Å²) in [5, 5.41) is 5.25. The van der Waals surface area contributed by atoms with Gasteiger partial charge in [-0.1, -0.05) is 13.8 Å². The van der Waals surface area contributed by atoms with Crippen LogP contribution in [0.15, 0.2) is 4.99 Å². The maximum absolute atomic E-state index is 4.83. The molecular weight excluding hydrogens is 439 g/mol. The van der Waals surface area contributed by atoms with Crippen LogP contribution in [0.2, 0.25) is 0 Å². The van der Waals surface area contributed by atoms with E-state index in [1.165, 1.54) is 10.6 Å². The zero-order valence-corrected chi connectivity index (χ0v) is 18.7. The number of aryl methyl sites for hydroxylation is 2. The van der Waals surface area contributed by atoms with Crippen molar-refractivity contribution in [3.63, 3.8) is 0 Å². The van der Waals surface area contributed by atoms with Gasteiger partial charge in [-0.05, 0) is 26.7 Å². The molecule has 1 N–H and O–H groups in total. The van der Waals surface area contributed by atoms with Crippen LogP contribution in [0.3, 0.4) is 0 Å². The molecule has 1 aromatic rings. The van der Waals surface area contributed by atoms with Crippen LogP contribution in [0.25, 0.3) is 0 Å². The number of halogens is 1. The standard InChI is InChI=1S/C16H28N4S2.HI/c1-6-17-16(18-9-15-19-12(4)13(5)22-15)20-7-8-21-14(10-20)11(2)3;/h11,14H,6-10H2,1-5H3,(H,17,18);1H. The van der Waals surface area contributed by atoms with Gasteiger partial charge < -0.3 is 10.2 Å². The van der Waals surface area contributed by atoms with E-state index < -0.39 is 0 Å². The summed E-state index contributed by atoms with van der Waals surface area (Å²) in [6.07, 6.45) is 0. The van der Waals surface area contributed by atoms with Gasteiger partial charge in [-0.2, -0.15) is 11.8 Å². The molecule has 2 rings (SSSR count). The maximum Gasteiger partial charge on any atom is 0.194 e. The van der Waals surface area contributed by atoms with E-state index in [0.29, 0.717) is 17.7 Å². The Balaban J connectivity index is 0.00000264. The molecule has 1 unspecified atom stereocenters. The Morgan fingerprint density at radius 1 is 1.43 bits per heavy atom. The first-order chi connectivity index (χ1) is 10.5. The summed E-state index contributed by atoms with van der Waals surface area (Å²) in [6.45, 7) is 14.7. The fourth-order valence-corrected chi connectivity index (χ4v) is 4.60. The van der Waals surface area contributed by atoms with Crippen molar-refractivity contribution >= 4 is 53.0 Å². The third-order valence-corrected chi connectivity index (χ3v) is 6.51. The minimum Gasteiger partial charge on any atom is -0.357 e. The minimum atomic E-state index is 0. The first-order valence-electron chi connectivity index (χ1n) is 8.09. The molecular formula is C16H29IN4S2. The van der Waals surface area contributed by atoms with Crippen LogP contribution in [0, 0.1) is 19.8 Å². The van der Waals surface area contributed by atoms with Crippen molar-refractivity contribution in [2.45, 2.75) is 46.4 Å². The van der Waals surface area contributed by atoms with Crippen LogP contribution >= 0.6 is 47.1 Å². The number of aliphatic imine (C=N–C) groups is 1. The Morgan fingerprint density at radius 2 is 2.17 bits per heavy atom. The first kappa shape index (κ1) is 21.0. The van der Waals surface area contributed by atoms with E-state index in [1.54, 1.807) is 11.3 Å². The van der Waals surface area contributed by atoms with Crippen LogP contribution in [-0.2, 0) is 6.54 Å². The molecule has 0 aliphatic carbocycles. The van der Waals surface area contributed by atoms with Gasteiger partial charge in [-0.15, -0.1) is 35.3 Å². The Hall–Kier alpha value is -0.0200. The summed E-state index contributed by atoms with van der Waals surface area (Å²) in [7, 11) is 0. The maximum atomic E-state index is 4.83. The van der Waals surface area contributed by atoms with Crippen molar-refractivity contribution in [2.75, 3.05) is 25.4 Å². The van der Waals surface area contributed by atoms with Crippen LogP contribution in [0.1, 0.15) is 36.3 Å². The molecule has 0 saturated carbocycles. The molecule has 0 spiro atoms. The van der Waals surface area contributed by atoms with E-state index in [0.717, 1.165) is 36.3 Å². The second-order valence-electron chi connectivity index (χ2n) is 6.02. The molecule has 0 aromatic carbocycles. The van der Waals surface area contributed by atoms with E-state index in [1.807, 2.05) is 0 Å². The molecule has 0 radical (unpaired) electrons. The van der Waals surface area contributed by atoms with Crippen molar-refractivity contribution in [1.82, 2.24) is 15.2 Å². The smallest absolute Gasteiger partial charge is 0.194 e. The summed E-state index contributed by atoms with van der Waals surface area (Å²) in [5.41, 5.74) is 1.13. The minimum absolute atomic E-state index is 0. The predicted molar refractivity (Wildman–Crippen MR) is 114 cm³/mol. The lowest BCUT2D eigenvalue weighted by Gasteiger charge is -2.36. The molecule has 0 amide bonds. The lowest BCUT2D eigenvalue weighted by atomic mass is 10.1. The van der Waals surface area contributed by atoms with Crippen LogP contribution in [0.5, 0.6) is 0 Å². The lowest BCUT2D eigenvalue weighted by molar-refractivity contribution is 0.381. The molecule has 1 atom stereocenters. The number of thiazole rings is 1. The summed E-state index contributed by atoms with van der Waals surface area (Å²) in [6, 6.07) is 0. The topological polar surface area (TPSA) is 40.5 Å². The van der Waals surface area contributed by atoms with Gasteiger partial charge >= 0.3 is 0 Å². The number of aromatic nitrogens is 1. The number of rotatable bonds is 4. The molecule has 0 bridgehead atoms. The second kappa shape index (κ2) is 10.1. The molecule has 1 fully saturated rings. The van der Waals surface area contributed by atoms with E-state index in [-0.39, 0.29) is 24.0 Å². The van der Waals surface area contributed by atoms with Gasteiger partial charge in [0, 0.05) is 35.5 Å². The van der Waals surface area contributed by atoms with Gasteiger partial charge in [-0.25, -0.2) is 9.98 Å². The average molecular weight is 468 g/mol. The van der Waals surface area contributed by atoms with Crippen molar-refractivity contribution in [3.8, 4) is 0 Å². The summed E-state index contributed by atoms with van der Waals surface area (Å²) in [5.74, 6) is 2.93. The van der Waals surface area contributed by atoms with E-state index >= 15 is 0 Å². The zero-order chi connectivity index (χ0) is 16.1. The zero-order valence-electron chi connectivity index (χ0n) is 14.8. The third kappa shape index (κ3) is 6.08. The van der Waals surface area contributed by atoms with Gasteiger partial charge in [0.1, 0.15) is 5.01 Å². The highest BCUT2D eigenvalue weighted by Gasteiger charge is 2.24. The summed E-state index contributed by atoms with van der Waals surface area (Å²) >= 11 is 3.85. The second-order valence-corrected chi connectivity index (χ2v) is 8.65. The third-order valence-electron chi connectivity index (χ3n) is 3.91. The predicted octanol–water partition coefficient (Wildman–Crippen LogP) is 3.92. The number of thioether (sulfide) groups is 1. The van der Waals surface area contributed by atoms with E-state index in [4.69, 9.17) is 4.99 Å². The quantitative estimate of drug-likeness (QED) is 0.413. The van der Waals surface area contributed by atoms with Crippen molar-refractivity contribution < 1.29 is 0 Å².